The lowest BCUT2D eigenvalue weighted by atomic mass is 10.1. The lowest BCUT2D eigenvalue weighted by molar-refractivity contribution is -0.162. The van der Waals surface area contributed by atoms with Crippen LogP contribution in [-0.2, 0) is 17.8 Å². The van der Waals surface area contributed by atoms with Gasteiger partial charge in [0.05, 0.1) is 19.2 Å². The maximum Gasteiger partial charge on any atom is 0.406 e. The fourth-order valence-electron chi connectivity index (χ4n) is 1.96. The third-order valence-electron chi connectivity index (χ3n) is 2.95. The molecule has 3 nitrogen and oxygen atoms in total. The molecule has 1 aromatic heterocycles. The van der Waals surface area contributed by atoms with Crippen molar-refractivity contribution in [2.24, 2.45) is 0 Å². The summed E-state index contributed by atoms with van der Waals surface area (Å²) in [6, 6.07) is 8.48. The zero-order chi connectivity index (χ0) is 16.2. The van der Waals surface area contributed by atoms with E-state index in [4.69, 9.17) is 4.42 Å². The van der Waals surface area contributed by atoms with Gasteiger partial charge in [0.15, 0.2) is 0 Å². The molecule has 22 heavy (non-hydrogen) atoms. The summed E-state index contributed by atoms with van der Waals surface area (Å²) in [5.74, 6) is -1.22. The van der Waals surface area contributed by atoms with E-state index in [1.807, 2.05) is 0 Å². The van der Waals surface area contributed by atoms with Gasteiger partial charge in [0.2, 0.25) is 5.91 Å². The Hall–Kier alpha value is -2.31. The minimum Gasteiger partial charge on any atom is -0.467 e. The summed E-state index contributed by atoms with van der Waals surface area (Å²) >= 11 is 0. The van der Waals surface area contributed by atoms with Gasteiger partial charge in [0.1, 0.15) is 18.1 Å². The van der Waals surface area contributed by atoms with Crippen molar-refractivity contribution in [3.05, 3.63) is 59.8 Å². The molecule has 0 bridgehead atoms. The first-order valence-corrected chi connectivity index (χ1v) is 6.45. The van der Waals surface area contributed by atoms with E-state index in [0.717, 1.165) is 6.07 Å². The predicted octanol–water partition coefficient (Wildman–Crippen LogP) is 3.55. The van der Waals surface area contributed by atoms with Crippen LogP contribution in [0.2, 0.25) is 0 Å². The average molecular weight is 315 g/mol. The highest BCUT2D eigenvalue weighted by Crippen LogP contribution is 2.20. The Bertz CT molecular complexity index is 623. The molecule has 1 heterocycles. The second-order valence-corrected chi connectivity index (χ2v) is 4.71. The normalized spacial score (nSPS) is 11.5. The van der Waals surface area contributed by atoms with E-state index in [0.29, 0.717) is 4.90 Å². The maximum atomic E-state index is 13.5. The van der Waals surface area contributed by atoms with Crippen LogP contribution in [0.4, 0.5) is 17.6 Å². The molecule has 0 aliphatic rings. The van der Waals surface area contributed by atoms with E-state index >= 15 is 0 Å². The molecule has 1 amide bonds. The monoisotopic (exact) mass is 315 g/mol. The van der Waals surface area contributed by atoms with E-state index in [1.165, 1.54) is 36.6 Å². The zero-order valence-electron chi connectivity index (χ0n) is 11.4. The Morgan fingerprint density at radius 1 is 1.14 bits per heavy atom. The van der Waals surface area contributed by atoms with Crippen molar-refractivity contribution in [2.45, 2.75) is 19.1 Å². The number of rotatable bonds is 5. The van der Waals surface area contributed by atoms with Crippen molar-refractivity contribution in [1.29, 1.82) is 0 Å². The van der Waals surface area contributed by atoms with Crippen LogP contribution in [0, 0.1) is 5.82 Å². The van der Waals surface area contributed by atoms with Gasteiger partial charge in [-0.25, -0.2) is 4.39 Å². The minimum absolute atomic E-state index is 0.0547. The molecule has 0 saturated heterocycles. The van der Waals surface area contributed by atoms with Crippen LogP contribution in [0.15, 0.2) is 47.1 Å². The minimum atomic E-state index is -4.54. The Balaban J connectivity index is 2.13. The molecule has 1 aromatic carbocycles. The first-order valence-electron chi connectivity index (χ1n) is 6.45. The number of carbonyl (C=O) groups is 1. The molecule has 0 unspecified atom stereocenters. The molecule has 0 fully saturated rings. The largest absolute Gasteiger partial charge is 0.467 e. The molecule has 0 radical (unpaired) electrons. The van der Waals surface area contributed by atoms with Crippen molar-refractivity contribution in [3.63, 3.8) is 0 Å². The van der Waals surface area contributed by atoms with Crippen molar-refractivity contribution in [2.75, 3.05) is 6.54 Å². The van der Waals surface area contributed by atoms with Gasteiger partial charge in [0.25, 0.3) is 0 Å². The molecular formula is C15H13F4NO2. The highest BCUT2D eigenvalue weighted by Gasteiger charge is 2.33. The number of benzene rings is 1. The number of carbonyl (C=O) groups excluding carboxylic acids is 1. The van der Waals surface area contributed by atoms with Crippen molar-refractivity contribution in [1.82, 2.24) is 4.90 Å². The Morgan fingerprint density at radius 2 is 1.86 bits per heavy atom. The summed E-state index contributed by atoms with van der Waals surface area (Å²) in [5, 5.41) is 0. The number of nitrogens with zero attached hydrogens (tertiary/aromatic N) is 1. The molecule has 118 valence electrons. The lowest BCUT2D eigenvalue weighted by Crippen LogP contribution is -2.39. The Kier molecular flexibility index (Phi) is 4.85. The maximum absolute atomic E-state index is 13.5. The van der Waals surface area contributed by atoms with E-state index in [-0.39, 0.29) is 17.9 Å². The molecule has 2 aromatic rings. The molecule has 0 atom stereocenters. The van der Waals surface area contributed by atoms with E-state index < -0.39 is 30.9 Å². The van der Waals surface area contributed by atoms with Crippen LogP contribution in [0.25, 0.3) is 0 Å². The second-order valence-electron chi connectivity index (χ2n) is 4.71. The summed E-state index contributed by atoms with van der Waals surface area (Å²) in [6.45, 7) is -1.74. The first kappa shape index (κ1) is 16.1. The van der Waals surface area contributed by atoms with Crippen LogP contribution in [0.5, 0.6) is 0 Å². The van der Waals surface area contributed by atoms with E-state index in [1.54, 1.807) is 0 Å². The first-order chi connectivity index (χ1) is 10.3. The van der Waals surface area contributed by atoms with Crippen LogP contribution in [0.1, 0.15) is 11.3 Å². The summed E-state index contributed by atoms with van der Waals surface area (Å²) in [7, 11) is 0. The molecular weight excluding hydrogens is 302 g/mol. The molecule has 0 aliphatic carbocycles. The van der Waals surface area contributed by atoms with Crippen molar-refractivity contribution < 1.29 is 26.8 Å². The highest BCUT2D eigenvalue weighted by atomic mass is 19.4. The van der Waals surface area contributed by atoms with Gasteiger partial charge in [-0.1, -0.05) is 18.2 Å². The molecule has 0 N–H and O–H groups in total. The Morgan fingerprint density at radius 3 is 2.45 bits per heavy atom. The van der Waals surface area contributed by atoms with Gasteiger partial charge in [-0.3, -0.25) is 4.79 Å². The third kappa shape index (κ3) is 4.61. The fourth-order valence-corrected chi connectivity index (χ4v) is 1.96. The number of furan rings is 1. The van der Waals surface area contributed by atoms with Crippen molar-refractivity contribution >= 4 is 5.91 Å². The number of amides is 1. The smallest absolute Gasteiger partial charge is 0.406 e. The molecule has 0 spiro atoms. The molecule has 0 saturated carbocycles. The number of alkyl halides is 3. The fraction of sp³-hybridized carbons (Fsp3) is 0.267. The number of halogens is 4. The lowest BCUT2D eigenvalue weighted by Gasteiger charge is -2.23. The molecule has 7 heteroatoms. The van der Waals surface area contributed by atoms with Gasteiger partial charge in [0, 0.05) is 0 Å². The Labute approximate surface area is 124 Å². The molecule has 0 aliphatic heterocycles. The topological polar surface area (TPSA) is 33.5 Å². The average Bonchev–Trinajstić information content (AvgIpc) is 2.92. The third-order valence-corrected chi connectivity index (χ3v) is 2.95. The standard InChI is InChI=1S/C15H13F4NO2/c16-13-6-2-1-4-11(13)8-14(21)20(10-15(17,18)19)9-12-5-3-7-22-12/h1-7H,8-10H2. The van der Waals surface area contributed by atoms with Gasteiger partial charge in [-0.2, -0.15) is 13.2 Å². The quantitative estimate of drug-likeness (QED) is 0.791. The predicted molar refractivity (Wildman–Crippen MR) is 70.3 cm³/mol. The molecule has 2 rings (SSSR count). The van der Waals surface area contributed by atoms with E-state index in [9.17, 15) is 22.4 Å². The summed E-state index contributed by atoms with van der Waals surface area (Å²) in [4.78, 5) is 12.7. The highest BCUT2D eigenvalue weighted by molar-refractivity contribution is 5.78. The summed E-state index contributed by atoms with van der Waals surface area (Å²) in [6.07, 6.45) is -3.68. The zero-order valence-corrected chi connectivity index (χ0v) is 11.4. The number of hydrogen-bond acceptors (Lipinski definition) is 2. The van der Waals surface area contributed by atoms with Crippen LogP contribution >= 0.6 is 0 Å². The van der Waals surface area contributed by atoms with Gasteiger partial charge >= 0.3 is 6.18 Å². The SMILES string of the molecule is O=C(Cc1ccccc1F)N(Cc1ccco1)CC(F)(F)F. The summed E-state index contributed by atoms with van der Waals surface area (Å²) < 4.78 is 56.3. The number of hydrogen-bond donors (Lipinski definition) is 0. The van der Waals surface area contributed by atoms with Gasteiger partial charge < -0.3 is 9.32 Å². The van der Waals surface area contributed by atoms with Gasteiger partial charge in [-0.05, 0) is 23.8 Å². The van der Waals surface area contributed by atoms with Gasteiger partial charge in [-0.15, -0.1) is 0 Å². The van der Waals surface area contributed by atoms with Crippen molar-refractivity contribution in [3.8, 4) is 0 Å². The van der Waals surface area contributed by atoms with Crippen LogP contribution in [0.3, 0.4) is 0 Å². The second kappa shape index (κ2) is 6.64. The van der Waals surface area contributed by atoms with Crippen LogP contribution < -0.4 is 0 Å². The van der Waals surface area contributed by atoms with Crippen LogP contribution in [-0.4, -0.2) is 23.5 Å². The summed E-state index contributed by atoms with van der Waals surface area (Å²) in [5.41, 5.74) is 0.0547. The van der Waals surface area contributed by atoms with E-state index in [2.05, 4.69) is 0 Å².